The Morgan fingerprint density at radius 3 is 2.24 bits per heavy atom. The van der Waals surface area contributed by atoms with Crippen LogP contribution in [-0.2, 0) is 9.53 Å². The highest BCUT2D eigenvalue weighted by Crippen LogP contribution is 2.77. The van der Waals surface area contributed by atoms with Crippen LogP contribution in [0.15, 0.2) is 43.0 Å². The van der Waals surface area contributed by atoms with Gasteiger partial charge < -0.3 is 4.74 Å². The molecule has 0 spiro atoms. The lowest BCUT2D eigenvalue weighted by atomic mass is 9.32. The smallest absolute Gasteiger partial charge is 0.337 e. The first-order valence-electron chi connectivity index (χ1n) is 16.0. The molecule has 3 nitrogen and oxygen atoms in total. The van der Waals surface area contributed by atoms with Gasteiger partial charge in [0.15, 0.2) is 0 Å². The number of halogens is 1. The fourth-order valence-corrected chi connectivity index (χ4v) is 12.6. The van der Waals surface area contributed by atoms with Gasteiger partial charge in [0.2, 0.25) is 5.24 Å². The van der Waals surface area contributed by atoms with Gasteiger partial charge in [0.1, 0.15) is 0 Å². The van der Waals surface area contributed by atoms with Gasteiger partial charge in [0.25, 0.3) is 0 Å². The van der Waals surface area contributed by atoms with E-state index in [-0.39, 0.29) is 38.3 Å². The highest BCUT2D eigenvalue weighted by Gasteiger charge is 2.71. The molecule has 4 heteroatoms. The molecule has 41 heavy (non-hydrogen) atoms. The maximum absolute atomic E-state index is 13.0. The number of methoxy groups -OCH3 is 1. The fraction of sp³-hybridized carbons (Fsp3) is 0.676. The summed E-state index contributed by atoms with van der Waals surface area (Å²) in [6, 6.07) is 8.01. The summed E-state index contributed by atoms with van der Waals surface area (Å²) in [5, 5.41) is -0.0804. The van der Waals surface area contributed by atoms with Gasteiger partial charge in [-0.2, -0.15) is 0 Å². The first-order chi connectivity index (χ1) is 19.3. The molecule has 1 aromatic rings. The normalized spacial score (nSPS) is 44.4. The van der Waals surface area contributed by atoms with E-state index in [1.807, 2.05) is 12.1 Å². The van der Waals surface area contributed by atoms with E-state index in [1.54, 1.807) is 0 Å². The van der Waals surface area contributed by atoms with Crippen molar-refractivity contribution in [1.82, 2.24) is 0 Å². The van der Waals surface area contributed by atoms with E-state index in [0.29, 0.717) is 35.2 Å². The van der Waals surface area contributed by atoms with Crippen LogP contribution in [-0.4, -0.2) is 18.3 Å². The zero-order chi connectivity index (χ0) is 29.6. The standard InChI is InChI=1S/C37H49ClO3/c1-8-23-15-20-37(32(38)40)22-21-35(5)27(30(23)37)13-14-29-34(4)18-16-26(24-9-11-25(12-10-24)31(39)41-7)33(2,3)28(34)17-19-36(29,35)6/h8-12,16,23,27-30H,1,13-15,17-22H2,2-7H3. The van der Waals surface area contributed by atoms with Crippen molar-refractivity contribution in [2.45, 2.75) is 92.4 Å². The zero-order valence-corrected chi connectivity index (χ0v) is 26.8. The van der Waals surface area contributed by atoms with Gasteiger partial charge in [0, 0.05) is 5.41 Å². The summed E-state index contributed by atoms with van der Waals surface area (Å²) in [6.07, 6.45) is 14.7. The van der Waals surface area contributed by atoms with Crippen LogP contribution in [0.1, 0.15) is 108 Å². The number of carbonyl (C=O) groups is 2. The van der Waals surface area contributed by atoms with Gasteiger partial charge in [-0.1, -0.05) is 58.9 Å². The van der Waals surface area contributed by atoms with E-state index in [1.165, 1.54) is 43.9 Å². The van der Waals surface area contributed by atoms with Crippen molar-refractivity contribution in [2.24, 2.45) is 56.7 Å². The molecular formula is C37H49ClO3. The monoisotopic (exact) mass is 576 g/mol. The third-order valence-electron chi connectivity index (χ3n) is 14.4. The van der Waals surface area contributed by atoms with Gasteiger partial charge in [-0.3, -0.25) is 4.79 Å². The van der Waals surface area contributed by atoms with Crippen LogP contribution >= 0.6 is 11.6 Å². The van der Waals surface area contributed by atoms with Crippen molar-refractivity contribution in [3.8, 4) is 0 Å². The minimum absolute atomic E-state index is 0.0328. The van der Waals surface area contributed by atoms with Crippen molar-refractivity contribution in [3.63, 3.8) is 0 Å². The highest BCUT2D eigenvalue weighted by molar-refractivity contribution is 6.64. The zero-order valence-electron chi connectivity index (χ0n) is 26.0. The van der Waals surface area contributed by atoms with Crippen LogP contribution in [0.25, 0.3) is 5.57 Å². The quantitative estimate of drug-likeness (QED) is 0.204. The molecule has 0 aliphatic heterocycles. The molecule has 5 aliphatic rings. The van der Waals surface area contributed by atoms with Gasteiger partial charge in [-0.25, -0.2) is 4.79 Å². The topological polar surface area (TPSA) is 43.4 Å². The molecule has 6 rings (SSSR count). The van der Waals surface area contributed by atoms with E-state index < -0.39 is 0 Å². The number of hydrogen-bond acceptors (Lipinski definition) is 3. The number of fused-ring (bicyclic) bond motifs is 7. The summed E-state index contributed by atoms with van der Waals surface area (Å²) in [4.78, 5) is 25.1. The van der Waals surface area contributed by atoms with Crippen molar-refractivity contribution in [2.75, 3.05) is 7.11 Å². The molecule has 5 aliphatic carbocycles. The van der Waals surface area contributed by atoms with Crippen molar-refractivity contribution in [1.29, 1.82) is 0 Å². The Labute approximate surface area is 252 Å². The van der Waals surface area contributed by atoms with E-state index in [0.717, 1.165) is 32.1 Å². The van der Waals surface area contributed by atoms with Gasteiger partial charge in [0.05, 0.1) is 12.7 Å². The Bertz CT molecular complexity index is 1290. The van der Waals surface area contributed by atoms with E-state index in [9.17, 15) is 9.59 Å². The molecule has 4 saturated carbocycles. The van der Waals surface area contributed by atoms with Crippen LogP contribution in [0.5, 0.6) is 0 Å². The average molecular weight is 577 g/mol. The van der Waals surface area contributed by atoms with Crippen LogP contribution < -0.4 is 0 Å². The third-order valence-corrected chi connectivity index (χ3v) is 14.7. The number of carbonyl (C=O) groups excluding carboxylic acids is 2. The van der Waals surface area contributed by atoms with Crippen LogP contribution in [0, 0.1) is 56.7 Å². The Hall–Kier alpha value is -1.87. The SMILES string of the molecule is C=CC1CCC2(C(=O)Cl)CCC3(C)C(CCC4C5(C)CC=C(c6ccc(C(=O)OC)cc6)C(C)(C)C5CCC43C)C12. The lowest BCUT2D eigenvalue weighted by Gasteiger charge is -2.72. The number of hydrogen-bond donors (Lipinski definition) is 0. The molecule has 0 amide bonds. The molecule has 0 N–H and O–H groups in total. The van der Waals surface area contributed by atoms with Crippen molar-refractivity contribution >= 4 is 28.4 Å². The maximum Gasteiger partial charge on any atom is 0.337 e. The molecule has 0 heterocycles. The highest BCUT2D eigenvalue weighted by atomic mass is 35.5. The minimum atomic E-state index is -0.344. The summed E-state index contributed by atoms with van der Waals surface area (Å²) in [6.45, 7) is 17.0. The lowest BCUT2D eigenvalue weighted by molar-refractivity contribution is -0.223. The van der Waals surface area contributed by atoms with E-state index in [4.69, 9.17) is 16.3 Å². The van der Waals surface area contributed by atoms with Crippen molar-refractivity contribution in [3.05, 3.63) is 54.1 Å². The molecule has 0 saturated heterocycles. The number of allylic oxidation sites excluding steroid dienone is 3. The van der Waals surface area contributed by atoms with Crippen LogP contribution in [0.2, 0.25) is 0 Å². The van der Waals surface area contributed by atoms with Crippen molar-refractivity contribution < 1.29 is 14.3 Å². The largest absolute Gasteiger partial charge is 0.465 e. The van der Waals surface area contributed by atoms with E-state index >= 15 is 0 Å². The molecule has 222 valence electrons. The summed E-state index contributed by atoms with van der Waals surface area (Å²) in [5.41, 5.74) is 3.59. The van der Waals surface area contributed by atoms with Crippen LogP contribution in [0.4, 0.5) is 0 Å². The maximum atomic E-state index is 13.0. The first kappa shape index (κ1) is 29.2. The lowest BCUT2D eigenvalue weighted by Crippen LogP contribution is -2.65. The molecule has 9 unspecified atom stereocenters. The summed E-state index contributed by atoms with van der Waals surface area (Å²) >= 11 is 6.46. The Kier molecular flexibility index (Phi) is 6.82. The fourth-order valence-electron chi connectivity index (χ4n) is 12.3. The Morgan fingerprint density at radius 2 is 1.61 bits per heavy atom. The first-order valence-corrected chi connectivity index (χ1v) is 16.4. The minimum Gasteiger partial charge on any atom is -0.465 e. The average Bonchev–Trinajstić information content (AvgIpc) is 3.33. The molecular weight excluding hydrogens is 528 g/mol. The van der Waals surface area contributed by atoms with Gasteiger partial charge >= 0.3 is 5.97 Å². The summed E-state index contributed by atoms with van der Waals surface area (Å²) < 4.78 is 4.92. The predicted octanol–water partition coefficient (Wildman–Crippen LogP) is 9.50. The molecule has 9 atom stereocenters. The number of esters is 1. The third kappa shape index (κ3) is 3.76. The number of ether oxygens (including phenoxy) is 1. The molecule has 0 radical (unpaired) electrons. The Morgan fingerprint density at radius 1 is 0.902 bits per heavy atom. The second kappa shape index (κ2) is 9.57. The number of benzene rings is 1. The second-order valence-electron chi connectivity index (χ2n) is 15.7. The van der Waals surface area contributed by atoms with Gasteiger partial charge in [-0.05, 0) is 144 Å². The number of rotatable bonds is 4. The van der Waals surface area contributed by atoms with E-state index in [2.05, 4.69) is 65.5 Å². The molecule has 4 fully saturated rings. The van der Waals surface area contributed by atoms with Gasteiger partial charge in [-0.15, -0.1) is 6.58 Å². The Balaban J connectivity index is 1.35. The predicted molar refractivity (Wildman–Crippen MR) is 166 cm³/mol. The molecule has 1 aromatic carbocycles. The van der Waals surface area contributed by atoms with Crippen LogP contribution in [0.3, 0.4) is 0 Å². The molecule has 0 aromatic heterocycles. The summed E-state index contributed by atoms with van der Waals surface area (Å²) in [7, 11) is 1.43. The molecule has 0 bridgehead atoms. The second-order valence-corrected chi connectivity index (χ2v) is 16.0. The summed E-state index contributed by atoms with van der Waals surface area (Å²) in [5.74, 6) is 2.23.